The summed E-state index contributed by atoms with van der Waals surface area (Å²) in [6.07, 6.45) is 3.51. The maximum atomic E-state index is 5.86. The fraction of sp³-hybridized carbons (Fsp3) is 0.0625. The molecule has 0 aliphatic carbocycles. The predicted molar refractivity (Wildman–Crippen MR) is 73.9 cm³/mol. The van der Waals surface area contributed by atoms with Gasteiger partial charge < -0.3 is 9.15 Å². The second kappa shape index (κ2) is 4.98. The number of pyridine rings is 1. The van der Waals surface area contributed by atoms with Crippen LogP contribution in [-0.4, -0.2) is 12.1 Å². The predicted octanol–water partition coefficient (Wildman–Crippen LogP) is 4.02. The van der Waals surface area contributed by atoms with Crippen LogP contribution in [-0.2, 0) is 0 Å². The molecule has 0 N–H and O–H groups in total. The van der Waals surface area contributed by atoms with Gasteiger partial charge in [-0.2, -0.15) is 0 Å². The minimum absolute atomic E-state index is 0.838. The largest absolute Gasteiger partial charge is 0.497 e. The molecule has 19 heavy (non-hydrogen) atoms. The average Bonchev–Trinajstić information content (AvgIpc) is 2.98. The zero-order chi connectivity index (χ0) is 13.1. The molecule has 3 rings (SSSR count). The van der Waals surface area contributed by atoms with E-state index in [9.17, 15) is 0 Å². The van der Waals surface area contributed by atoms with E-state index in [-0.39, 0.29) is 0 Å². The van der Waals surface area contributed by atoms with Crippen LogP contribution in [0, 0.1) is 0 Å². The van der Waals surface area contributed by atoms with Crippen LogP contribution in [0.25, 0.3) is 22.6 Å². The first kappa shape index (κ1) is 11.5. The highest BCUT2D eigenvalue weighted by atomic mass is 16.5. The number of methoxy groups -OCH3 is 1. The summed E-state index contributed by atoms with van der Waals surface area (Å²) in [5.74, 6) is 2.52. The summed E-state index contributed by atoms with van der Waals surface area (Å²) in [6, 6.07) is 15.6. The Morgan fingerprint density at radius 1 is 0.789 bits per heavy atom. The van der Waals surface area contributed by atoms with Gasteiger partial charge in [-0.25, -0.2) is 0 Å². The van der Waals surface area contributed by atoms with Crippen LogP contribution in [0.1, 0.15) is 0 Å². The molecule has 0 saturated heterocycles. The van der Waals surface area contributed by atoms with Gasteiger partial charge in [-0.05, 0) is 48.5 Å². The van der Waals surface area contributed by atoms with Crippen molar-refractivity contribution in [3.8, 4) is 28.4 Å². The summed E-state index contributed by atoms with van der Waals surface area (Å²) in [6.45, 7) is 0. The number of benzene rings is 1. The molecule has 0 aliphatic rings. The number of hydrogen-bond acceptors (Lipinski definition) is 3. The van der Waals surface area contributed by atoms with Crippen molar-refractivity contribution >= 4 is 0 Å². The van der Waals surface area contributed by atoms with E-state index in [2.05, 4.69) is 4.98 Å². The average molecular weight is 251 g/mol. The van der Waals surface area contributed by atoms with Gasteiger partial charge in [0.1, 0.15) is 17.3 Å². The Labute approximate surface area is 111 Å². The monoisotopic (exact) mass is 251 g/mol. The molecule has 94 valence electrons. The minimum atomic E-state index is 0.838. The smallest absolute Gasteiger partial charge is 0.134 e. The van der Waals surface area contributed by atoms with Crippen molar-refractivity contribution in [3.05, 3.63) is 60.9 Å². The number of aromatic nitrogens is 1. The Hall–Kier alpha value is -2.55. The number of hydrogen-bond donors (Lipinski definition) is 0. The van der Waals surface area contributed by atoms with Gasteiger partial charge in [0.15, 0.2) is 0 Å². The molecule has 2 heterocycles. The van der Waals surface area contributed by atoms with Gasteiger partial charge in [0, 0.05) is 23.5 Å². The van der Waals surface area contributed by atoms with E-state index in [0.29, 0.717) is 0 Å². The quantitative estimate of drug-likeness (QED) is 0.705. The Bertz CT molecular complexity index is 657. The third-order valence-corrected chi connectivity index (χ3v) is 2.95. The van der Waals surface area contributed by atoms with E-state index in [1.807, 2.05) is 48.5 Å². The number of ether oxygens (including phenoxy) is 1. The first-order chi connectivity index (χ1) is 9.36. The zero-order valence-corrected chi connectivity index (χ0v) is 10.5. The lowest BCUT2D eigenvalue weighted by Gasteiger charge is -2.01. The fourth-order valence-electron chi connectivity index (χ4n) is 1.92. The Morgan fingerprint density at radius 3 is 1.95 bits per heavy atom. The normalized spacial score (nSPS) is 10.4. The first-order valence-electron chi connectivity index (χ1n) is 6.01. The second-order valence-electron chi connectivity index (χ2n) is 4.13. The van der Waals surface area contributed by atoms with Crippen molar-refractivity contribution < 1.29 is 9.15 Å². The van der Waals surface area contributed by atoms with E-state index < -0.39 is 0 Å². The summed E-state index contributed by atoms with van der Waals surface area (Å²) in [4.78, 5) is 4.00. The molecule has 0 saturated carbocycles. The van der Waals surface area contributed by atoms with E-state index in [4.69, 9.17) is 9.15 Å². The van der Waals surface area contributed by atoms with Crippen molar-refractivity contribution in [2.75, 3.05) is 7.11 Å². The minimum Gasteiger partial charge on any atom is -0.497 e. The molecule has 0 amide bonds. The summed E-state index contributed by atoms with van der Waals surface area (Å²) >= 11 is 0. The molecule has 0 spiro atoms. The highest BCUT2D eigenvalue weighted by Gasteiger charge is 2.06. The lowest BCUT2D eigenvalue weighted by molar-refractivity contribution is 0.415. The van der Waals surface area contributed by atoms with Crippen molar-refractivity contribution in [2.24, 2.45) is 0 Å². The van der Waals surface area contributed by atoms with Crippen LogP contribution in [0.4, 0.5) is 0 Å². The molecule has 0 aliphatic heterocycles. The SMILES string of the molecule is COc1ccc(-c2ccc(-c3ccncc3)o2)cc1. The van der Waals surface area contributed by atoms with Crippen LogP contribution < -0.4 is 4.74 Å². The third-order valence-electron chi connectivity index (χ3n) is 2.95. The number of nitrogens with zero attached hydrogens (tertiary/aromatic N) is 1. The van der Waals surface area contributed by atoms with Crippen molar-refractivity contribution in [1.82, 2.24) is 4.98 Å². The Morgan fingerprint density at radius 2 is 1.37 bits per heavy atom. The second-order valence-corrected chi connectivity index (χ2v) is 4.13. The molecule has 0 fully saturated rings. The number of furan rings is 1. The molecule has 0 atom stereocenters. The van der Waals surface area contributed by atoms with Gasteiger partial charge in [0.05, 0.1) is 7.11 Å². The highest BCUT2D eigenvalue weighted by Crippen LogP contribution is 2.29. The molecule has 0 unspecified atom stereocenters. The summed E-state index contributed by atoms with van der Waals surface area (Å²) < 4.78 is 11.0. The van der Waals surface area contributed by atoms with Crippen LogP contribution >= 0.6 is 0 Å². The molecular formula is C16H13NO2. The number of rotatable bonds is 3. The van der Waals surface area contributed by atoms with E-state index >= 15 is 0 Å². The topological polar surface area (TPSA) is 35.3 Å². The van der Waals surface area contributed by atoms with Gasteiger partial charge in [0.2, 0.25) is 0 Å². The molecule has 0 radical (unpaired) electrons. The molecule has 3 nitrogen and oxygen atoms in total. The van der Waals surface area contributed by atoms with Gasteiger partial charge >= 0.3 is 0 Å². The third kappa shape index (κ3) is 2.36. The molecular weight excluding hydrogens is 238 g/mol. The zero-order valence-electron chi connectivity index (χ0n) is 10.5. The van der Waals surface area contributed by atoms with Crippen LogP contribution in [0.5, 0.6) is 5.75 Å². The highest BCUT2D eigenvalue weighted by molar-refractivity contribution is 5.64. The summed E-state index contributed by atoms with van der Waals surface area (Å²) in [5, 5.41) is 0. The van der Waals surface area contributed by atoms with Crippen molar-refractivity contribution in [2.45, 2.75) is 0 Å². The molecule has 3 heteroatoms. The Balaban J connectivity index is 1.92. The fourth-order valence-corrected chi connectivity index (χ4v) is 1.92. The van der Waals surface area contributed by atoms with Crippen molar-refractivity contribution in [1.29, 1.82) is 0 Å². The maximum absolute atomic E-state index is 5.86. The Kier molecular flexibility index (Phi) is 3.02. The van der Waals surface area contributed by atoms with Crippen molar-refractivity contribution in [3.63, 3.8) is 0 Å². The molecule has 3 aromatic rings. The van der Waals surface area contributed by atoms with Crippen LogP contribution in [0.15, 0.2) is 65.3 Å². The first-order valence-corrected chi connectivity index (χ1v) is 6.01. The maximum Gasteiger partial charge on any atom is 0.134 e. The summed E-state index contributed by atoms with van der Waals surface area (Å²) in [5.41, 5.74) is 2.05. The van der Waals surface area contributed by atoms with Crippen LogP contribution in [0.2, 0.25) is 0 Å². The van der Waals surface area contributed by atoms with E-state index in [1.54, 1.807) is 19.5 Å². The van der Waals surface area contributed by atoms with Crippen LogP contribution in [0.3, 0.4) is 0 Å². The lowest BCUT2D eigenvalue weighted by atomic mass is 10.2. The van der Waals surface area contributed by atoms with Gasteiger partial charge in [-0.1, -0.05) is 0 Å². The van der Waals surface area contributed by atoms with Gasteiger partial charge in [-0.3, -0.25) is 4.98 Å². The van der Waals surface area contributed by atoms with Gasteiger partial charge in [0.25, 0.3) is 0 Å². The van der Waals surface area contributed by atoms with Gasteiger partial charge in [-0.15, -0.1) is 0 Å². The van der Waals surface area contributed by atoms with E-state index in [1.165, 1.54) is 0 Å². The lowest BCUT2D eigenvalue weighted by Crippen LogP contribution is -1.81. The standard InChI is InChI=1S/C16H13NO2/c1-18-14-4-2-12(3-5-14)15-6-7-16(19-15)13-8-10-17-11-9-13/h2-11H,1H3. The molecule has 2 aromatic heterocycles. The van der Waals surface area contributed by atoms with E-state index in [0.717, 1.165) is 28.4 Å². The summed E-state index contributed by atoms with van der Waals surface area (Å²) in [7, 11) is 1.66. The molecule has 0 bridgehead atoms. The molecule has 1 aromatic carbocycles.